The zero-order valence-corrected chi connectivity index (χ0v) is 17.7. The molecule has 0 saturated carbocycles. The Morgan fingerprint density at radius 1 is 0.519 bits per heavy atom. The van der Waals surface area contributed by atoms with Gasteiger partial charge in [0.25, 0.3) is 0 Å². The molecule has 0 fully saturated rings. The Bertz CT molecular complexity index is 614. The van der Waals surface area contributed by atoms with Crippen molar-refractivity contribution in [3.8, 4) is 17.2 Å². The van der Waals surface area contributed by atoms with E-state index in [0.717, 1.165) is 0 Å². The van der Waals surface area contributed by atoms with Crippen molar-refractivity contribution in [1.29, 1.82) is 0 Å². The Balaban J connectivity index is 3.24. The zero-order valence-electron chi connectivity index (χ0n) is 17.7. The van der Waals surface area contributed by atoms with Crippen molar-refractivity contribution < 1.29 is 28.6 Å². The highest BCUT2D eigenvalue weighted by molar-refractivity contribution is 5.81. The van der Waals surface area contributed by atoms with Crippen molar-refractivity contribution in [1.82, 2.24) is 0 Å². The summed E-state index contributed by atoms with van der Waals surface area (Å²) in [4.78, 5) is 36.5. The summed E-state index contributed by atoms with van der Waals surface area (Å²) in [6.07, 6.45) is 0. The molecule has 0 aliphatic carbocycles. The Kier molecular flexibility index (Phi) is 6.47. The summed E-state index contributed by atoms with van der Waals surface area (Å²) >= 11 is 0. The summed E-state index contributed by atoms with van der Waals surface area (Å²) in [7, 11) is 0. The molecule has 0 N–H and O–H groups in total. The standard InChI is InChI=1S/C21H30O6/c1-19(2,3)16(22)25-13-10-14(26-17(23)20(4,5)6)12-15(11-13)27-18(24)21(7,8)9/h10-12H,1-9H3. The predicted octanol–water partition coefficient (Wildman–Crippen LogP) is 4.54. The van der Waals surface area contributed by atoms with Crippen LogP contribution < -0.4 is 14.2 Å². The van der Waals surface area contributed by atoms with Crippen molar-refractivity contribution in [2.75, 3.05) is 0 Å². The van der Waals surface area contributed by atoms with Gasteiger partial charge < -0.3 is 14.2 Å². The van der Waals surface area contributed by atoms with Gasteiger partial charge in [-0.15, -0.1) is 0 Å². The first-order chi connectivity index (χ1) is 12.0. The number of hydrogen-bond donors (Lipinski definition) is 0. The van der Waals surface area contributed by atoms with Crippen LogP contribution in [0.1, 0.15) is 62.3 Å². The Morgan fingerprint density at radius 2 is 0.704 bits per heavy atom. The third-order valence-electron chi connectivity index (χ3n) is 3.32. The second kappa shape index (κ2) is 7.71. The van der Waals surface area contributed by atoms with E-state index in [1.807, 2.05) is 0 Å². The van der Waals surface area contributed by atoms with Gasteiger partial charge in [0.05, 0.1) is 16.2 Å². The van der Waals surface area contributed by atoms with Gasteiger partial charge in [0.15, 0.2) is 0 Å². The van der Waals surface area contributed by atoms with Gasteiger partial charge in [0, 0.05) is 18.2 Å². The molecule has 6 heteroatoms. The molecular formula is C21H30O6. The molecule has 0 aliphatic heterocycles. The summed E-state index contributed by atoms with van der Waals surface area (Å²) in [6, 6.07) is 4.26. The molecule has 0 saturated heterocycles. The SMILES string of the molecule is CC(C)(C)C(=O)Oc1cc(OC(=O)C(C)(C)C)cc(OC(=O)C(C)(C)C)c1. The van der Waals surface area contributed by atoms with Gasteiger partial charge in [-0.1, -0.05) is 0 Å². The number of esters is 3. The fourth-order valence-corrected chi connectivity index (χ4v) is 1.50. The fraction of sp³-hybridized carbons (Fsp3) is 0.571. The van der Waals surface area contributed by atoms with Gasteiger partial charge >= 0.3 is 17.9 Å². The monoisotopic (exact) mass is 378 g/mol. The van der Waals surface area contributed by atoms with Crippen LogP contribution in [0.4, 0.5) is 0 Å². The van der Waals surface area contributed by atoms with Crippen LogP contribution in [-0.2, 0) is 14.4 Å². The molecule has 1 rings (SSSR count). The van der Waals surface area contributed by atoms with E-state index in [-0.39, 0.29) is 17.2 Å². The van der Waals surface area contributed by atoms with E-state index in [9.17, 15) is 14.4 Å². The van der Waals surface area contributed by atoms with Crippen LogP contribution in [0.2, 0.25) is 0 Å². The number of hydrogen-bond acceptors (Lipinski definition) is 6. The molecule has 0 spiro atoms. The number of benzene rings is 1. The lowest BCUT2D eigenvalue weighted by molar-refractivity contribution is -0.143. The van der Waals surface area contributed by atoms with Crippen LogP contribution in [0.15, 0.2) is 18.2 Å². The average molecular weight is 378 g/mol. The second-order valence-electron chi connectivity index (χ2n) is 9.56. The minimum absolute atomic E-state index is 0.130. The molecule has 0 heterocycles. The van der Waals surface area contributed by atoms with E-state index in [0.29, 0.717) is 0 Å². The first kappa shape index (κ1) is 22.7. The fourth-order valence-electron chi connectivity index (χ4n) is 1.50. The highest BCUT2D eigenvalue weighted by Gasteiger charge is 2.28. The Labute approximate surface area is 161 Å². The molecule has 0 aliphatic rings. The van der Waals surface area contributed by atoms with E-state index in [1.165, 1.54) is 18.2 Å². The van der Waals surface area contributed by atoms with E-state index in [4.69, 9.17) is 14.2 Å². The minimum Gasteiger partial charge on any atom is -0.426 e. The van der Waals surface area contributed by atoms with E-state index < -0.39 is 34.2 Å². The van der Waals surface area contributed by atoms with Gasteiger partial charge in [0.2, 0.25) is 0 Å². The molecule has 1 aromatic carbocycles. The Morgan fingerprint density at radius 3 is 0.852 bits per heavy atom. The highest BCUT2D eigenvalue weighted by atomic mass is 16.6. The molecule has 150 valence electrons. The summed E-state index contributed by atoms with van der Waals surface area (Å²) in [5, 5.41) is 0. The van der Waals surface area contributed by atoms with E-state index >= 15 is 0 Å². The van der Waals surface area contributed by atoms with Crippen molar-refractivity contribution in [2.45, 2.75) is 62.3 Å². The van der Waals surface area contributed by atoms with Crippen LogP contribution in [0.5, 0.6) is 17.2 Å². The maximum atomic E-state index is 12.2. The molecule has 0 atom stereocenters. The normalized spacial score (nSPS) is 12.3. The third kappa shape index (κ3) is 7.04. The van der Waals surface area contributed by atoms with Gasteiger partial charge in [-0.2, -0.15) is 0 Å². The smallest absolute Gasteiger partial charge is 0.316 e. The second-order valence-corrected chi connectivity index (χ2v) is 9.56. The minimum atomic E-state index is -0.722. The molecule has 27 heavy (non-hydrogen) atoms. The number of ether oxygens (including phenoxy) is 3. The van der Waals surface area contributed by atoms with Gasteiger partial charge in [-0.25, -0.2) is 0 Å². The van der Waals surface area contributed by atoms with E-state index in [2.05, 4.69) is 0 Å². The molecule has 0 radical (unpaired) electrons. The first-order valence-electron chi connectivity index (χ1n) is 8.82. The highest BCUT2D eigenvalue weighted by Crippen LogP contribution is 2.32. The lowest BCUT2D eigenvalue weighted by atomic mass is 9.97. The molecule has 6 nitrogen and oxygen atoms in total. The van der Waals surface area contributed by atoms with Crippen molar-refractivity contribution in [2.24, 2.45) is 16.2 Å². The average Bonchev–Trinajstić information content (AvgIpc) is 2.43. The molecular weight excluding hydrogens is 348 g/mol. The lowest BCUT2D eigenvalue weighted by Crippen LogP contribution is -2.27. The summed E-state index contributed by atoms with van der Waals surface area (Å²) < 4.78 is 16.1. The summed E-state index contributed by atoms with van der Waals surface area (Å²) in [6.45, 7) is 15.5. The Hall–Kier alpha value is -2.37. The van der Waals surface area contributed by atoms with E-state index in [1.54, 1.807) is 62.3 Å². The van der Waals surface area contributed by atoms with Crippen molar-refractivity contribution >= 4 is 17.9 Å². The molecule has 0 unspecified atom stereocenters. The van der Waals surface area contributed by atoms with Crippen LogP contribution >= 0.6 is 0 Å². The van der Waals surface area contributed by atoms with Crippen LogP contribution in [-0.4, -0.2) is 17.9 Å². The molecule has 0 bridgehead atoms. The molecule has 0 aromatic heterocycles. The maximum absolute atomic E-state index is 12.2. The summed E-state index contributed by atoms with van der Waals surface area (Å²) in [5.41, 5.74) is -2.17. The number of carbonyl (C=O) groups excluding carboxylic acids is 3. The number of rotatable bonds is 3. The van der Waals surface area contributed by atoms with Crippen molar-refractivity contribution in [3.63, 3.8) is 0 Å². The zero-order chi connectivity index (χ0) is 21.2. The van der Waals surface area contributed by atoms with Crippen LogP contribution in [0, 0.1) is 16.2 Å². The van der Waals surface area contributed by atoms with Crippen LogP contribution in [0.3, 0.4) is 0 Å². The number of carbonyl (C=O) groups is 3. The topological polar surface area (TPSA) is 78.9 Å². The largest absolute Gasteiger partial charge is 0.426 e. The predicted molar refractivity (Wildman–Crippen MR) is 102 cm³/mol. The van der Waals surface area contributed by atoms with Crippen molar-refractivity contribution in [3.05, 3.63) is 18.2 Å². The third-order valence-corrected chi connectivity index (χ3v) is 3.32. The van der Waals surface area contributed by atoms with Crippen LogP contribution in [0.25, 0.3) is 0 Å². The first-order valence-corrected chi connectivity index (χ1v) is 8.82. The molecule has 0 amide bonds. The maximum Gasteiger partial charge on any atom is 0.316 e. The van der Waals surface area contributed by atoms with Gasteiger partial charge in [-0.3, -0.25) is 14.4 Å². The quantitative estimate of drug-likeness (QED) is 0.567. The van der Waals surface area contributed by atoms with Gasteiger partial charge in [-0.05, 0) is 62.3 Å². The summed E-state index contributed by atoms with van der Waals surface area (Å²) in [5.74, 6) is -0.998. The van der Waals surface area contributed by atoms with Gasteiger partial charge in [0.1, 0.15) is 17.2 Å². The lowest BCUT2D eigenvalue weighted by Gasteiger charge is -2.20. The molecule has 1 aromatic rings.